The van der Waals surface area contributed by atoms with Gasteiger partial charge in [-0.2, -0.15) is 0 Å². The number of para-hydroxylation sites is 1. The van der Waals surface area contributed by atoms with Crippen molar-refractivity contribution in [2.45, 2.75) is 13.0 Å². The van der Waals surface area contributed by atoms with E-state index in [1.54, 1.807) is 13.2 Å². The summed E-state index contributed by atoms with van der Waals surface area (Å²) in [7, 11) is 1.60. The fourth-order valence-corrected chi connectivity index (χ4v) is 2.45. The van der Waals surface area contributed by atoms with E-state index in [2.05, 4.69) is 15.5 Å². The van der Waals surface area contributed by atoms with E-state index in [0.717, 1.165) is 17.0 Å². The third kappa shape index (κ3) is 3.27. The summed E-state index contributed by atoms with van der Waals surface area (Å²) in [5, 5.41) is 11.1. The zero-order valence-corrected chi connectivity index (χ0v) is 13.5. The van der Waals surface area contributed by atoms with Crippen LogP contribution >= 0.6 is 0 Å². The third-order valence-electron chi connectivity index (χ3n) is 3.64. The number of rotatable bonds is 5. The molecule has 3 rings (SSSR count). The van der Waals surface area contributed by atoms with Crippen molar-refractivity contribution in [3.8, 4) is 5.75 Å². The lowest BCUT2D eigenvalue weighted by Crippen LogP contribution is -2.26. The molecule has 0 aliphatic rings. The summed E-state index contributed by atoms with van der Waals surface area (Å²) in [6.45, 7) is 1.87. The van der Waals surface area contributed by atoms with E-state index in [0.29, 0.717) is 5.82 Å². The van der Waals surface area contributed by atoms with E-state index in [4.69, 9.17) is 4.74 Å². The van der Waals surface area contributed by atoms with Gasteiger partial charge in [-0.05, 0) is 31.2 Å². The second-order valence-corrected chi connectivity index (χ2v) is 5.29. The molecule has 0 bridgehead atoms. The molecule has 0 aliphatic heterocycles. The van der Waals surface area contributed by atoms with Crippen LogP contribution in [0.2, 0.25) is 0 Å². The predicted molar refractivity (Wildman–Crippen MR) is 91.6 cm³/mol. The SMILES string of the molecule is COc1ccccc1/C=C/C(=O)NC(C)c1nnc2ccccn12. The van der Waals surface area contributed by atoms with Crippen LogP contribution in [0.5, 0.6) is 5.75 Å². The number of carbonyl (C=O) groups is 1. The van der Waals surface area contributed by atoms with Gasteiger partial charge < -0.3 is 10.1 Å². The Morgan fingerprint density at radius 3 is 2.83 bits per heavy atom. The maximum absolute atomic E-state index is 12.2. The Morgan fingerprint density at radius 2 is 2.00 bits per heavy atom. The van der Waals surface area contributed by atoms with Crippen LogP contribution in [0.25, 0.3) is 11.7 Å². The lowest BCUT2D eigenvalue weighted by Gasteiger charge is -2.10. The number of nitrogens with one attached hydrogen (secondary N) is 1. The highest BCUT2D eigenvalue weighted by molar-refractivity contribution is 5.92. The molecule has 2 aromatic heterocycles. The molecule has 24 heavy (non-hydrogen) atoms. The summed E-state index contributed by atoms with van der Waals surface area (Å²) < 4.78 is 7.12. The molecule has 6 nitrogen and oxygen atoms in total. The van der Waals surface area contributed by atoms with E-state index in [9.17, 15) is 4.79 Å². The first kappa shape index (κ1) is 15.7. The van der Waals surface area contributed by atoms with Gasteiger partial charge in [-0.25, -0.2) is 0 Å². The van der Waals surface area contributed by atoms with Crippen molar-refractivity contribution < 1.29 is 9.53 Å². The average molecular weight is 322 g/mol. The lowest BCUT2D eigenvalue weighted by atomic mass is 10.2. The highest BCUT2D eigenvalue weighted by Gasteiger charge is 2.14. The molecule has 3 aromatic rings. The molecule has 0 spiro atoms. The van der Waals surface area contributed by atoms with Gasteiger partial charge in [-0.15, -0.1) is 10.2 Å². The molecule has 1 aromatic carbocycles. The van der Waals surface area contributed by atoms with Gasteiger partial charge in [0.15, 0.2) is 11.5 Å². The van der Waals surface area contributed by atoms with Crippen LogP contribution in [0.3, 0.4) is 0 Å². The molecular weight excluding hydrogens is 304 g/mol. The summed E-state index contributed by atoms with van der Waals surface area (Å²) >= 11 is 0. The summed E-state index contributed by atoms with van der Waals surface area (Å²) in [5.74, 6) is 1.20. The van der Waals surface area contributed by atoms with Crippen molar-refractivity contribution in [2.75, 3.05) is 7.11 Å². The number of nitrogens with zero attached hydrogens (tertiary/aromatic N) is 3. The minimum Gasteiger partial charge on any atom is -0.496 e. The molecule has 0 saturated heterocycles. The smallest absolute Gasteiger partial charge is 0.244 e. The van der Waals surface area contributed by atoms with Gasteiger partial charge in [0.05, 0.1) is 13.2 Å². The van der Waals surface area contributed by atoms with E-state index in [-0.39, 0.29) is 11.9 Å². The topological polar surface area (TPSA) is 68.5 Å². The highest BCUT2D eigenvalue weighted by Crippen LogP contribution is 2.18. The second-order valence-electron chi connectivity index (χ2n) is 5.29. The first-order valence-corrected chi connectivity index (χ1v) is 7.60. The Hall–Kier alpha value is -3.15. The number of aromatic nitrogens is 3. The maximum atomic E-state index is 12.2. The Kier molecular flexibility index (Phi) is 4.56. The zero-order chi connectivity index (χ0) is 16.9. The fraction of sp³-hybridized carbons (Fsp3) is 0.167. The summed E-state index contributed by atoms with van der Waals surface area (Å²) in [4.78, 5) is 12.2. The molecule has 6 heteroatoms. The molecule has 1 N–H and O–H groups in total. The fourth-order valence-electron chi connectivity index (χ4n) is 2.45. The Balaban J connectivity index is 1.71. The van der Waals surface area contributed by atoms with Crippen LogP contribution in [0.4, 0.5) is 0 Å². The van der Waals surface area contributed by atoms with Gasteiger partial charge in [-0.3, -0.25) is 9.20 Å². The number of pyridine rings is 1. The molecule has 2 heterocycles. The summed E-state index contributed by atoms with van der Waals surface area (Å²) in [6.07, 6.45) is 5.08. The van der Waals surface area contributed by atoms with Crippen LogP contribution in [0.1, 0.15) is 24.4 Å². The number of hydrogen-bond acceptors (Lipinski definition) is 4. The quantitative estimate of drug-likeness (QED) is 0.733. The van der Waals surface area contributed by atoms with Crippen molar-refractivity contribution in [3.05, 3.63) is 66.1 Å². The molecule has 0 fully saturated rings. The molecule has 0 aliphatic carbocycles. The highest BCUT2D eigenvalue weighted by atomic mass is 16.5. The van der Waals surface area contributed by atoms with Gasteiger partial charge in [0.25, 0.3) is 0 Å². The number of fused-ring (bicyclic) bond motifs is 1. The molecule has 122 valence electrons. The Labute approximate surface area is 139 Å². The van der Waals surface area contributed by atoms with Crippen LogP contribution in [-0.2, 0) is 4.79 Å². The van der Waals surface area contributed by atoms with Crippen molar-refractivity contribution in [2.24, 2.45) is 0 Å². The van der Waals surface area contributed by atoms with E-state index >= 15 is 0 Å². The third-order valence-corrected chi connectivity index (χ3v) is 3.64. The molecule has 1 unspecified atom stereocenters. The van der Waals surface area contributed by atoms with Crippen molar-refractivity contribution >= 4 is 17.6 Å². The maximum Gasteiger partial charge on any atom is 0.244 e. The molecule has 0 saturated carbocycles. The predicted octanol–water partition coefficient (Wildman–Crippen LogP) is 2.63. The minimum atomic E-state index is -0.266. The standard InChI is InChI=1S/C18H18N4O2/c1-13(18-21-20-16-9-5-6-12-22(16)18)19-17(23)11-10-14-7-3-4-8-15(14)24-2/h3-13H,1-2H3,(H,19,23)/b11-10+. The first-order valence-electron chi connectivity index (χ1n) is 7.60. The molecule has 1 amide bonds. The Morgan fingerprint density at radius 1 is 1.21 bits per heavy atom. The first-order chi connectivity index (χ1) is 11.7. The largest absolute Gasteiger partial charge is 0.496 e. The summed E-state index contributed by atoms with van der Waals surface area (Å²) in [5.41, 5.74) is 1.59. The van der Waals surface area contributed by atoms with Crippen molar-refractivity contribution in [1.82, 2.24) is 19.9 Å². The summed E-state index contributed by atoms with van der Waals surface area (Å²) in [6, 6.07) is 12.9. The average Bonchev–Trinajstić information content (AvgIpc) is 3.04. The zero-order valence-electron chi connectivity index (χ0n) is 13.5. The lowest BCUT2D eigenvalue weighted by molar-refractivity contribution is -0.117. The molecular formula is C18H18N4O2. The minimum absolute atomic E-state index is 0.207. The van der Waals surface area contributed by atoms with Gasteiger partial charge >= 0.3 is 0 Å². The van der Waals surface area contributed by atoms with E-state index in [1.165, 1.54) is 6.08 Å². The van der Waals surface area contributed by atoms with Crippen LogP contribution < -0.4 is 10.1 Å². The number of methoxy groups -OCH3 is 1. The monoisotopic (exact) mass is 322 g/mol. The van der Waals surface area contributed by atoms with Crippen LogP contribution in [-0.4, -0.2) is 27.6 Å². The normalized spacial score (nSPS) is 12.4. The van der Waals surface area contributed by atoms with E-state index in [1.807, 2.05) is 60.0 Å². The van der Waals surface area contributed by atoms with Gasteiger partial charge in [0, 0.05) is 17.8 Å². The number of ether oxygens (including phenoxy) is 1. The van der Waals surface area contributed by atoms with Crippen LogP contribution in [0, 0.1) is 0 Å². The number of amides is 1. The molecule has 1 atom stereocenters. The van der Waals surface area contributed by atoms with Gasteiger partial charge in [-0.1, -0.05) is 24.3 Å². The van der Waals surface area contributed by atoms with Crippen LogP contribution in [0.15, 0.2) is 54.7 Å². The molecule has 0 radical (unpaired) electrons. The van der Waals surface area contributed by atoms with Crippen molar-refractivity contribution in [3.63, 3.8) is 0 Å². The number of benzene rings is 1. The Bertz CT molecular complexity index is 885. The van der Waals surface area contributed by atoms with Gasteiger partial charge in [0.2, 0.25) is 5.91 Å². The van der Waals surface area contributed by atoms with Gasteiger partial charge in [0.1, 0.15) is 5.75 Å². The van der Waals surface area contributed by atoms with Crippen molar-refractivity contribution in [1.29, 1.82) is 0 Å². The second kappa shape index (κ2) is 6.95. The number of hydrogen-bond donors (Lipinski definition) is 1. The van der Waals surface area contributed by atoms with E-state index < -0.39 is 0 Å². The number of carbonyl (C=O) groups excluding carboxylic acids is 1.